The van der Waals surface area contributed by atoms with E-state index >= 15 is 0 Å². The molecule has 0 atom stereocenters. The van der Waals surface area contributed by atoms with Gasteiger partial charge in [-0.15, -0.1) is 0 Å². The Kier molecular flexibility index (Phi) is 3.76. The molecule has 0 saturated heterocycles. The minimum Gasteiger partial charge on any atom is -0.506 e. The van der Waals surface area contributed by atoms with Gasteiger partial charge in [0, 0.05) is 17.6 Å². The third kappa shape index (κ3) is 2.42. The van der Waals surface area contributed by atoms with Crippen LogP contribution >= 0.6 is 11.6 Å². The van der Waals surface area contributed by atoms with Crippen molar-refractivity contribution in [2.45, 2.75) is 6.92 Å². The first kappa shape index (κ1) is 13.4. The van der Waals surface area contributed by atoms with Gasteiger partial charge in [-0.1, -0.05) is 11.6 Å². The van der Waals surface area contributed by atoms with Crippen molar-refractivity contribution in [3.8, 4) is 11.5 Å². The van der Waals surface area contributed by atoms with Crippen molar-refractivity contribution in [1.82, 2.24) is 4.98 Å². The second-order valence-corrected chi connectivity index (χ2v) is 4.15. The Balaban J connectivity index is 2.61. The highest BCUT2D eigenvalue weighted by Gasteiger charge is 2.17. The number of benzene rings is 1. The number of pyridine rings is 1. The van der Waals surface area contributed by atoms with Gasteiger partial charge >= 0.3 is 5.97 Å². The summed E-state index contributed by atoms with van der Waals surface area (Å²) < 4.78 is 9.90. The summed E-state index contributed by atoms with van der Waals surface area (Å²) in [5.74, 6) is -0.376. The first-order valence-electron chi connectivity index (χ1n) is 5.60. The molecule has 0 saturated carbocycles. The van der Waals surface area contributed by atoms with Crippen LogP contribution in [0.15, 0.2) is 18.3 Å². The molecular formula is C13H12ClNO4. The van der Waals surface area contributed by atoms with Gasteiger partial charge in [0.05, 0.1) is 24.3 Å². The van der Waals surface area contributed by atoms with E-state index in [4.69, 9.17) is 21.1 Å². The Morgan fingerprint density at radius 3 is 2.84 bits per heavy atom. The zero-order chi connectivity index (χ0) is 14.0. The summed E-state index contributed by atoms with van der Waals surface area (Å²) in [7, 11) is 1.49. The van der Waals surface area contributed by atoms with Gasteiger partial charge in [-0.25, -0.2) is 4.79 Å². The van der Waals surface area contributed by atoms with E-state index in [9.17, 15) is 9.90 Å². The lowest BCUT2D eigenvalue weighted by molar-refractivity contribution is 0.0523. The number of aromatic nitrogens is 1. The summed E-state index contributed by atoms with van der Waals surface area (Å²) >= 11 is 5.99. The molecule has 0 aliphatic carbocycles. The second kappa shape index (κ2) is 5.32. The van der Waals surface area contributed by atoms with E-state index in [2.05, 4.69) is 4.98 Å². The molecule has 100 valence electrons. The summed E-state index contributed by atoms with van der Waals surface area (Å²) in [6.07, 6.45) is 1.27. The fraction of sp³-hybridized carbons (Fsp3) is 0.231. The lowest BCUT2D eigenvalue weighted by atomic mass is 10.1. The summed E-state index contributed by atoms with van der Waals surface area (Å²) in [5, 5.41) is 10.8. The van der Waals surface area contributed by atoms with Gasteiger partial charge in [0.1, 0.15) is 17.1 Å². The van der Waals surface area contributed by atoms with Crippen molar-refractivity contribution in [2.75, 3.05) is 13.7 Å². The van der Waals surface area contributed by atoms with E-state index in [1.807, 2.05) is 0 Å². The van der Waals surface area contributed by atoms with Gasteiger partial charge < -0.3 is 14.6 Å². The first-order chi connectivity index (χ1) is 9.08. The SMILES string of the molecule is CCOC(=O)c1cnc2cc(OC)c(Cl)cc2c1O. The van der Waals surface area contributed by atoms with Crippen LogP contribution in [0.3, 0.4) is 0 Å². The van der Waals surface area contributed by atoms with Crippen molar-refractivity contribution < 1.29 is 19.4 Å². The predicted molar refractivity (Wildman–Crippen MR) is 70.9 cm³/mol. The van der Waals surface area contributed by atoms with Gasteiger partial charge in [-0.2, -0.15) is 0 Å². The van der Waals surface area contributed by atoms with Crippen LogP contribution < -0.4 is 4.74 Å². The quantitative estimate of drug-likeness (QED) is 0.876. The number of hydrogen-bond donors (Lipinski definition) is 1. The van der Waals surface area contributed by atoms with Crippen molar-refractivity contribution in [3.63, 3.8) is 0 Å². The standard InChI is InChI=1S/C13H12ClNO4/c1-3-19-13(17)8-6-15-10-5-11(18-2)9(14)4-7(10)12(8)16/h4-6H,3H2,1-2H3,(H,15,16). The fourth-order valence-corrected chi connectivity index (χ4v) is 1.93. The molecule has 1 aromatic heterocycles. The van der Waals surface area contributed by atoms with Gasteiger partial charge in [-0.3, -0.25) is 4.98 Å². The average molecular weight is 282 g/mol. The van der Waals surface area contributed by atoms with Gasteiger partial charge in [0.2, 0.25) is 0 Å². The summed E-state index contributed by atoms with van der Waals surface area (Å²) in [6.45, 7) is 1.91. The summed E-state index contributed by atoms with van der Waals surface area (Å²) in [4.78, 5) is 15.7. The Labute approximate surface area is 114 Å². The van der Waals surface area contributed by atoms with Crippen molar-refractivity contribution in [1.29, 1.82) is 0 Å². The number of nitrogens with zero attached hydrogens (tertiary/aromatic N) is 1. The maximum atomic E-state index is 11.6. The Morgan fingerprint density at radius 1 is 1.47 bits per heavy atom. The number of carbonyl (C=O) groups excluding carboxylic acids is 1. The maximum absolute atomic E-state index is 11.6. The predicted octanol–water partition coefficient (Wildman–Crippen LogP) is 2.78. The number of halogens is 1. The van der Waals surface area contributed by atoms with Crippen molar-refractivity contribution >= 4 is 28.5 Å². The molecule has 5 nitrogen and oxygen atoms in total. The highest BCUT2D eigenvalue weighted by molar-refractivity contribution is 6.33. The second-order valence-electron chi connectivity index (χ2n) is 3.74. The highest BCUT2D eigenvalue weighted by Crippen LogP contribution is 2.34. The first-order valence-corrected chi connectivity index (χ1v) is 5.98. The van der Waals surface area contributed by atoms with E-state index in [1.165, 1.54) is 19.4 Å². The van der Waals surface area contributed by atoms with Crippen molar-refractivity contribution in [3.05, 3.63) is 28.9 Å². The molecule has 0 fully saturated rings. The Hall–Kier alpha value is -2.01. The molecule has 2 aromatic rings. The van der Waals surface area contributed by atoms with Crippen LogP contribution in [-0.2, 0) is 4.74 Å². The topological polar surface area (TPSA) is 68.7 Å². The van der Waals surface area contributed by atoms with Crippen LogP contribution in [0.2, 0.25) is 5.02 Å². The molecule has 19 heavy (non-hydrogen) atoms. The van der Waals surface area contributed by atoms with Crippen LogP contribution in [-0.4, -0.2) is 29.8 Å². The van der Waals surface area contributed by atoms with E-state index in [1.54, 1.807) is 13.0 Å². The van der Waals surface area contributed by atoms with Crippen LogP contribution in [0.25, 0.3) is 10.9 Å². The molecule has 0 amide bonds. The highest BCUT2D eigenvalue weighted by atomic mass is 35.5. The maximum Gasteiger partial charge on any atom is 0.343 e. The number of ether oxygens (including phenoxy) is 2. The third-order valence-electron chi connectivity index (χ3n) is 2.61. The van der Waals surface area contributed by atoms with E-state index in [0.717, 1.165) is 0 Å². The van der Waals surface area contributed by atoms with Gasteiger partial charge in [-0.05, 0) is 13.0 Å². The zero-order valence-corrected chi connectivity index (χ0v) is 11.2. The molecule has 1 N–H and O–H groups in total. The summed E-state index contributed by atoms with van der Waals surface area (Å²) in [6, 6.07) is 3.09. The smallest absolute Gasteiger partial charge is 0.343 e. The molecular weight excluding hydrogens is 270 g/mol. The number of carbonyl (C=O) groups is 1. The molecule has 0 unspecified atom stereocenters. The lowest BCUT2D eigenvalue weighted by Crippen LogP contribution is -2.05. The molecule has 1 heterocycles. The van der Waals surface area contributed by atoms with Gasteiger partial charge in [0.15, 0.2) is 0 Å². The number of rotatable bonds is 3. The zero-order valence-electron chi connectivity index (χ0n) is 10.4. The van der Waals surface area contributed by atoms with Crippen LogP contribution in [0.4, 0.5) is 0 Å². The number of hydrogen-bond acceptors (Lipinski definition) is 5. The molecule has 6 heteroatoms. The largest absolute Gasteiger partial charge is 0.506 e. The molecule has 1 aromatic carbocycles. The number of aromatic hydroxyl groups is 1. The van der Waals surface area contributed by atoms with Crippen LogP contribution in [0, 0.1) is 0 Å². The molecule has 0 aliphatic rings. The Bertz CT molecular complexity index is 642. The lowest BCUT2D eigenvalue weighted by Gasteiger charge is -2.09. The van der Waals surface area contributed by atoms with E-state index in [0.29, 0.717) is 21.7 Å². The number of esters is 1. The number of methoxy groups -OCH3 is 1. The third-order valence-corrected chi connectivity index (χ3v) is 2.90. The molecule has 0 spiro atoms. The number of fused-ring (bicyclic) bond motifs is 1. The minimum atomic E-state index is -0.624. The van der Waals surface area contributed by atoms with E-state index in [-0.39, 0.29) is 17.9 Å². The van der Waals surface area contributed by atoms with Crippen molar-refractivity contribution in [2.24, 2.45) is 0 Å². The molecule has 0 radical (unpaired) electrons. The van der Waals surface area contributed by atoms with E-state index < -0.39 is 5.97 Å². The monoisotopic (exact) mass is 281 g/mol. The molecule has 2 rings (SSSR count). The fourth-order valence-electron chi connectivity index (χ4n) is 1.69. The average Bonchev–Trinajstić information content (AvgIpc) is 2.39. The Morgan fingerprint density at radius 2 is 2.21 bits per heavy atom. The van der Waals surface area contributed by atoms with Crippen LogP contribution in [0.1, 0.15) is 17.3 Å². The minimum absolute atomic E-state index is 0.00980. The molecule has 0 aliphatic heterocycles. The molecule has 0 bridgehead atoms. The summed E-state index contributed by atoms with van der Waals surface area (Å²) in [5.41, 5.74) is 0.488. The van der Waals surface area contributed by atoms with Gasteiger partial charge in [0.25, 0.3) is 0 Å². The van der Waals surface area contributed by atoms with Crippen LogP contribution in [0.5, 0.6) is 11.5 Å². The normalized spacial score (nSPS) is 10.5.